The van der Waals surface area contributed by atoms with Crippen molar-refractivity contribution in [1.82, 2.24) is 15.4 Å². The van der Waals surface area contributed by atoms with Gasteiger partial charge in [-0.05, 0) is 17.5 Å². The van der Waals surface area contributed by atoms with Crippen LogP contribution in [-0.2, 0) is 14.8 Å². The lowest BCUT2D eigenvalue weighted by Crippen LogP contribution is -2.43. The minimum atomic E-state index is -4.29. The van der Waals surface area contributed by atoms with Gasteiger partial charge in [0.1, 0.15) is 0 Å². The lowest BCUT2D eigenvalue weighted by molar-refractivity contribution is 0.157. The van der Waals surface area contributed by atoms with Crippen LogP contribution in [0.3, 0.4) is 0 Å². The maximum absolute atomic E-state index is 12.6. The second-order valence-corrected chi connectivity index (χ2v) is 7.95. The Morgan fingerprint density at radius 3 is 2.14 bits per heavy atom. The molecule has 4 N–H and O–H groups in total. The number of nitrogens with one attached hydrogen (secondary N) is 4. The fourth-order valence-corrected chi connectivity index (χ4v) is 3.85. The van der Waals surface area contributed by atoms with Crippen LogP contribution in [0.15, 0.2) is 71.5 Å². The summed E-state index contributed by atoms with van der Waals surface area (Å²) in [6.07, 6.45) is 1.37. The van der Waals surface area contributed by atoms with Crippen LogP contribution in [0.2, 0.25) is 0 Å². The highest BCUT2D eigenvalue weighted by Crippen LogP contribution is 2.21. The number of hydrogen-bond donors (Lipinski definition) is 4. The number of urea groups is 1. The van der Waals surface area contributed by atoms with Crippen LogP contribution in [0.25, 0.3) is 0 Å². The smallest absolute Gasteiger partial charge is 0.329 e. The predicted octanol–water partition coefficient (Wildman–Crippen LogP) is 2.23. The summed E-state index contributed by atoms with van der Waals surface area (Å²) < 4.78 is 32.5. The first-order valence-electron chi connectivity index (χ1n) is 9.06. The second kappa shape index (κ2) is 9.24. The highest BCUT2D eigenvalue weighted by Gasteiger charge is 2.27. The monoisotopic (exact) mass is 414 g/mol. The quantitative estimate of drug-likeness (QED) is 0.540. The van der Waals surface area contributed by atoms with Crippen molar-refractivity contribution in [2.75, 3.05) is 13.2 Å². The van der Waals surface area contributed by atoms with Crippen LogP contribution >= 0.6 is 0 Å². The summed E-state index contributed by atoms with van der Waals surface area (Å²) in [7, 11) is -4.29. The van der Waals surface area contributed by atoms with Crippen LogP contribution < -0.4 is 15.4 Å². The van der Waals surface area contributed by atoms with Gasteiger partial charge in [-0.15, -0.1) is 0 Å². The van der Waals surface area contributed by atoms with Crippen LogP contribution in [0, 0.1) is 5.41 Å². The number of hydrogen-bond acceptors (Lipinski definition) is 6. The largest absolute Gasteiger partial charge is 0.478 e. The van der Waals surface area contributed by atoms with Crippen LogP contribution in [0.1, 0.15) is 23.6 Å². The molecule has 0 saturated carbocycles. The van der Waals surface area contributed by atoms with Gasteiger partial charge < -0.3 is 20.8 Å². The third-order valence-electron chi connectivity index (χ3n) is 4.27. The Morgan fingerprint density at radius 2 is 1.66 bits per heavy atom. The molecule has 1 saturated heterocycles. The summed E-state index contributed by atoms with van der Waals surface area (Å²) >= 11 is 0. The Bertz CT molecular complexity index is 944. The Balaban J connectivity index is 1.82. The molecule has 1 aliphatic heterocycles. The topological polar surface area (TPSA) is 120 Å². The van der Waals surface area contributed by atoms with Crippen molar-refractivity contribution in [3.63, 3.8) is 0 Å². The standard InChI is InChI=1S/C20H22N4O4S/c21-14-17(19-22-12-7-13-28-19)29(26,27)24-20(25)23-18(15-8-3-1-4-9-15)16-10-5-2-6-11-16/h1-6,8-11,14,18,21-22H,7,12-13H2,(H2,23,24,25)/b19-17-,21-14?. The van der Waals surface area contributed by atoms with Gasteiger partial charge >= 0.3 is 6.03 Å². The minimum absolute atomic E-state index is 0.0331. The molecule has 8 nitrogen and oxygen atoms in total. The van der Waals surface area contributed by atoms with E-state index in [0.29, 0.717) is 19.4 Å². The molecule has 29 heavy (non-hydrogen) atoms. The molecule has 2 amide bonds. The molecule has 1 fully saturated rings. The molecule has 2 aromatic carbocycles. The Morgan fingerprint density at radius 1 is 1.07 bits per heavy atom. The first kappa shape index (κ1) is 20.4. The normalized spacial score (nSPS) is 15.6. The van der Waals surface area contributed by atoms with Crippen molar-refractivity contribution in [2.45, 2.75) is 12.5 Å². The van der Waals surface area contributed by atoms with Crippen molar-refractivity contribution in [1.29, 1.82) is 5.41 Å². The molecule has 152 valence electrons. The van der Waals surface area contributed by atoms with E-state index in [9.17, 15) is 13.2 Å². The van der Waals surface area contributed by atoms with E-state index in [1.807, 2.05) is 65.4 Å². The number of carbonyl (C=O) groups is 1. The highest BCUT2D eigenvalue weighted by atomic mass is 32.2. The predicted molar refractivity (Wildman–Crippen MR) is 110 cm³/mol. The molecule has 0 atom stereocenters. The van der Waals surface area contributed by atoms with Gasteiger partial charge in [0.2, 0.25) is 5.88 Å². The maximum Gasteiger partial charge on any atom is 0.329 e. The SMILES string of the molecule is N=C/C(=C1\NCCCO1)S(=O)(=O)NC(=O)NC(c1ccccc1)c1ccccc1. The molecule has 1 aliphatic rings. The Labute approximate surface area is 169 Å². The summed E-state index contributed by atoms with van der Waals surface area (Å²) in [5.74, 6) is -0.0331. The summed E-state index contributed by atoms with van der Waals surface area (Å²) in [5, 5.41) is 12.9. The first-order chi connectivity index (χ1) is 14.0. The summed E-state index contributed by atoms with van der Waals surface area (Å²) in [6.45, 7) is 0.865. The zero-order valence-electron chi connectivity index (χ0n) is 15.6. The summed E-state index contributed by atoms with van der Waals surface area (Å²) in [6, 6.07) is 17.0. The second-order valence-electron chi connectivity index (χ2n) is 6.30. The molecule has 0 spiro atoms. The molecule has 2 aromatic rings. The molecule has 9 heteroatoms. The van der Waals surface area contributed by atoms with Crippen molar-refractivity contribution < 1.29 is 17.9 Å². The van der Waals surface area contributed by atoms with Crippen molar-refractivity contribution in [3.05, 3.63) is 82.6 Å². The molecule has 0 unspecified atom stereocenters. The van der Waals surface area contributed by atoms with E-state index in [2.05, 4.69) is 10.6 Å². The molecule has 0 aromatic heterocycles. The molecule has 0 bridgehead atoms. The highest BCUT2D eigenvalue weighted by molar-refractivity contribution is 7.94. The van der Waals surface area contributed by atoms with Crippen molar-refractivity contribution in [3.8, 4) is 0 Å². The fourth-order valence-electron chi connectivity index (χ4n) is 2.91. The Hall–Kier alpha value is -3.33. The number of carbonyl (C=O) groups excluding carboxylic acids is 1. The fraction of sp³-hybridized carbons (Fsp3) is 0.200. The van der Waals surface area contributed by atoms with Gasteiger partial charge in [0.15, 0.2) is 4.91 Å². The lowest BCUT2D eigenvalue weighted by Gasteiger charge is -2.22. The average molecular weight is 414 g/mol. The molecule has 3 rings (SSSR count). The van der Waals surface area contributed by atoms with E-state index in [1.54, 1.807) is 0 Å². The summed E-state index contributed by atoms with van der Waals surface area (Å²) in [4.78, 5) is 12.1. The maximum atomic E-state index is 12.6. The Kier molecular flexibility index (Phi) is 6.50. The molecule has 1 heterocycles. The number of rotatable bonds is 6. The van der Waals surface area contributed by atoms with E-state index in [-0.39, 0.29) is 5.88 Å². The first-order valence-corrected chi connectivity index (χ1v) is 10.5. The van der Waals surface area contributed by atoms with E-state index in [0.717, 1.165) is 17.5 Å². The van der Waals surface area contributed by atoms with Crippen LogP contribution in [0.4, 0.5) is 4.79 Å². The number of allylic oxidation sites excluding steroid dienone is 1. The minimum Gasteiger partial charge on any atom is -0.478 e. The molecular weight excluding hydrogens is 392 g/mol. The number of ether oxygens (including phenoxy) is 1. The molecular formula is C20H22N4O4S. The van der Waals surface area contributed by atoms with Gasteiger partial charge in [0, 0.05) is 12.8 Å². The average Bonchev–Trinajstić information content (AvgIpc) is 2.74. The third kappa shape index (κ3) is 5.14. The lowest BCUT2D eigenvalue weighted by atomic mass is 9.99. The molecule has 0 radical (unpaired) electrons. The zero-order chi connectivity index (χ0) is 20.7. The van der Waals surface area contributed by atoms with E-state index in [1.165, 1.54) is 0 Å². The number of sulfonamides is 1. The van der Waals surface area contributed by atoms with Crippen molar-refractivity contribution in [2.24, 2.45) is 0 Å². The van der Waals surface area contributed by atoms with Gasteiger partial charge in [-0.3, -0.25) is 0 Å². The van der Waals surface area contributed by atoms with E-state index < -0.39 is 27.0 Å². The van der Waals surface area contributed by atoms with Crippen LogP contribution in [-0.4, -0.2) is 33.8 Å². The van der Waals surface area contributed by atoms with E-state index in [4.69, 9.17) is 10.1 Å². The summed E-state index contributed by atoms with van der Waals surface area (Å²) in [5.41, 5.74) is 1.60. The van der Waals surface area contributed by atoms with Gasteiger partial charge in [-0.25, -0.2) is 17.9 Å². The van der Waals surface area contributed by atoms with E-state index >= 15 is 0 Å². The van der Waals surface area contributed by atoms with Crippen LogP contribution in [0.5, 0.6) is 0 Å². The number of amides is 2. The van der Waals surface area contributed by atoms with Gasteiger partial charge in [0.05, 0.1) is 12.6 Å². The molecule has 0 aliphatic carbocycles. The zero-order valence-corrected chi connectivity index (χ0v) is 16.4. The number of benzene rings is 2. The van der Waals surface area contributed by atoms with Crippen molar-refractivity contribution >= 4 is 22.3 Å². The van der Waals surface area contributed by atoms with Gasteiger partial charge in [-0.1, -0.05) is 60.7 Å². The van der Waals surface area contributed by atoms with Gasteiger partial charge in [0.25, 0.3) is 10.0 Å². The van der Waals surface area contributed by atoms with Gasteiger partial charge in [-0.2, -0.15) is 0 Å². The third-order valence-corrected chi connectivity index (χ3v) is 5.60.